The second kappa shape index (κ2) is 8.17. The van der Waals surface area contributed by atoms with Crippen molar-refractivity contribution in [1.82, 2.24) is 0 Å². The number of rotatable bonds is 8. The smallest absolute Gasteiger partial charge is 0.118 e. The van der Waals surface area contributed by atoms with Gasteiger partial charge in [0.15, 0.2) is 0 Å². The maximum atomic E-state index is 7.23. The van der Waals surface area contributed by atoms with Gasteiger partial charge < -0.3 is 15.6 Å². The van der Waals surface area contributed by atoms with Gasteiger partial charge in [-0.05, 0) is 43.2 Å². The van der Waals surface area contributed by atoms with Crippen molar-refractivity contribution in [3.05, 3.63) is 29.8 Å². The number of hydrogen-bond acceptors (Lipinski definition) is 4. The molecule has 0 heterocycles. The molecule has 0 aromatic heterocycles. The molecule has 96 valence electrons. The van der Waals surface area contributed by atoms with Gasteiger partial charge in [-0.3, -0.25) is 4.99 Å². The zero-order valence-corrected chi connectivity index (χ0v) is 10.6. The summed E-state index contributed by atoms with van der Waals surface area (Å²) in [5.41, 5.74) is 1.96. The second-order valence-corrected chi connectivity index (χ2v) is 3.86. The van der Waals surface area contributed by atoms with Crippen LogP contribution in [0.25, 0.3) is 0 Å². The van der Waals surface area contributed by atoms with E-state index in [4.69, 9.17) is 15.6 Å². The van der Waals surface area contributed by atoms with E-state index in [9.17, 15) is 0 Å². The molecule has 0 aliphatic rings. The molecule has 4 heteroatoms. The summed E-state index contributed by atoms with van der Waals surface area (Å²) in [5.74, 6) is 0.855. The molecule has 2 N–H and O–H groups in total. The monoisotopic (exact) mass is 245 g/mol. The number of nitrogens with zero attached hydrogens (tertiary/aromatic N) is 1. The molecule has 1 aromatic rings. The molecule has 0 fully saturated rings. The number of nitrogens with one attached hydrogen (secondary N) is 2. The predicted octanol–water partition coefficient (Wildman–Crippen LogP) is 2.76. The minimum absolute atomic E-state index is 0.650. The quantitative estimate of drug-likeness (QED) is 0.679. The Morgan fingerprint density at radius 1 is 1.28 bits per heavy atom. The van der Waals surface area contributed by atoms with Crippen LogP contribution in [0, 0.1) is 10.8 Å². The van der Waals surface area contributed by atoms with E-state index in [1.807, 2.05) is 24.3 Å². The third-order valence-electron chi connectivity index (χ3n) is 2.59. The Kier molecular flexibility index (Phi) is 6.40. The lowest BCUT2D eigenvalue weighted by atomic mass is 10.1. The van der Waals surface area contributed by atoms with Crippen LogP contribution in [0.3, 0.4) is 0 Å². The zero-order valence-electron chi connectivity index (χ0n) is 10.6. The van der Waals surface area contributed by atoms with Gasteiger partial charge in [0.1, 0.15) is 5.75 Å². The number of hydrogen-bond donors (Lipinski definition) is 2. The second-order valence-electron chi connectivity index (χ2n) is 3.86. The summed E-state index contributed by atoms with van der Waals surface area (Å²) in [7, 11) is 1.65. The van der Waals surface area contributed by atoms with E-state index in [1.54, 1.807) is 7.11 Å². The summed E-state index contributed by atoms with van der Waals surface area (Å²) in [6.07, 6.45) is 4.80. The Bertz CT molecular complexity index is 410. The van der Waals surface area contributed by atoms with E-state index >= 15 is 0 Å². The molecule has 0 saturated heterocycles. The highest BCUT2D eigenvalue weighted by molar-refractivity contribution is 6.29. The van der Waals surface area contributed by atoms with Gasteiger partial charge in [0.25, 0.3) is 0 Å². The van der Waals surface area contributed by atoms with E-state index < -0.39 is 0 Å². The molecule has 0 saturated carbocycles. The number of aliphatic imine (C=N–C) groups is 1. The molecular weight excluding hydrogens is 226 g/mol. The van der Waals surface area contributed by atoms with Gasteiger partial charge in [-0.2, -0.15) is 0 Å². The minimum Gasteiger partial charge on any atom is -0.497 e. The standard InChI is InChI=1S/C14H19N3O/c1-18-14-6-4-12(5-7-14)8-10-17-13(11-16)3-2-9-15/h4-7,9,11,15-16H,2-3,8,10H2,1H3. The molecule has 1 rings (SSSR count). The predicted molar refractivity (Wildman–Crippen MR) is 75.8 cm³/mol. The van der Waals surface area contributed by atoms with Crippen LogP contribution in [-0.4, -0.2) is 31.8 Å². The van der Waals surface area contributed by atoms with Crippen molar-refractivity contribution in [1.29, 1.82) is 10.8 Å². The van der Waals surface area contributed by atoms with Crippen LogP contribution in [0.1, 0.15) is 18.4 Å². The Morgan fingerprint density at radius 3 is 2.56 bits per heavy atom. The lowest BCUT2D eigenvalue weighted by molar-refractivity contribution is 0.414. The van der Waals surface area contributed by atoms with Crippen molar-refractivity contribution in [2.75, 3.05) is 13.7 Å². The van der Waals surface area contributed by atoms with Crippen LogP contribution < -0.4 is 4.74 Å². The average Bonchev–Trinajstić information content (AvgIpc) is 2.43. The van der Waals surface area contributed by atoms with Crippen LogP contribution in [0.5, 0.6) is 5.75 Å². The van der Waals surface area contributed by atoms with Gasteiger partial charge in [0.05, 0.1) is 12.8 Å². The first-order valence-corrected chi connectivity index (χ1v) is 5.95. The summed E-state index contributed by atoms with van der Waals surface area (Å²) in [6, 6.07) is 7.92. The maximum Gasteiger partial charge on any atom is 0.118 e. The maximum absolute atomic E-state index is 7.23. The molecule has 0 amide bonds. The Morgan fingerprint density at radius 2 is 2.00 bits per heavy atom. The molecule has 0 spiro atoms. The molecule has 0 bridgehead atoms. The van der Waals surface area contributed by atoms with Crippen LogP contribution >= 0.6 is 0 Å². The lowest BCUT2D eigenvalue weighted by Crippen LogP contribution is -2.02. The Hall–Kier alpha value is -1.97. The summed E-state index contributed by atoms with van der Waals surface area (Å²) in [6.45, 7) is 0.676. The van der Waals surface area contributed by atoms with E-state index in [0.717, 1.165) is 17.9 Å². The van der Waals surface area contributed by atoms with E-state index in [2.05, 4.69) is 4.99 Å². The molecule has 0 aliphatic carbocycles. The van der Waals surface area contributed by atoms with Crippen LogP contribution in [-0.2, 0) is 6.42 Å². The minimum atomic E-state index is 0.650. The Balaban J connectivity index is 2.45. The zero-order chi connectivity index (χ0) is 13.2. The first kappa shape index (κ1) is 14.1. The highest BCUT2D eigenvalue weighted by Crippen LogP contribution is 2.11. The van der Waals surface area contributed by atoms with E-state index in [-0.39, 0.29) is 0 Å². The van der Waals surface area contributed by atoms with Crippen LogP contribution in [0.15, 0.2) is 29.3 Å². The first-order chi connectivity index (χ1) is 8.80. The molecule has 0 atom stereocenters. The number of methoxy groups -OCH3 is 1. The van der Waals surface area contributed by atoms with E-state index in [0.29, 0.717) is 19.4 Å². The molecule has 0 aliphatic heterocycles. The van der Waals surface area contributed by atoms with Gasteiger partial charge in [-0.15, -0.1) is 0 Å². The van der Waals surface area contributed by atoms with Crippen molar-refractivity contribution in [2.24, 2.45) is 4.99 Å². The highest BCUT2D eigenvalue weighted by atomic mass is 16.5. The average molecular weight is 245 g/mol. The van der Waals surface area contributed by atoms with Crippen molar-refractivity contribution >= 4 is 18.1 Å². The third-order valence-corrected chi connectivity index (χ3v) is 2.59. The van der Waals surface area contributed by atoms with E-state index in [1.165, 1.54) is 18.0 Å². The molecular formula is C14H19N3O. The lowest BCUT2D eigenvalue weighted by Gasteiger charge is -2.02. The van der Waals surface area contributed by atoms with Gasteiger partial charge in [-0.1, -0.05) is 12.1 Å². The van der Waals surface area contributed by atoms with Gasteiger partial charge >= 0.3 is 0 Å². The number of ether oxygens (including phenoxy) is 1. The molecule has 4 nitrogen and oxygen atoms in total. The summed E-state index contributed by atoms with van der Waals surface area (Å²) in [4.78, 5) is 4.36. The van der Waals surface area contributed by atoms with Crippen molar-refractivity contribution < 1.29 is 4.74 Å². The summed E-state index contributed by atoms with van der Waals surface area (Å²) < 4.78 is 5.09. The molecule has 0 unspecified atom stereocenters. The third kappa shape index (κ3) is 4.91. The SMILES string of the molecule is COc1ccc(CCN=C(C=N)CCC=N)cc1. The molecule has 18 heavy (non-hydrogen) atoms. The normalized spacial score (nSPS) is 11.1. The largest absolute Gasteiger partial charge is 0.497 e. The molecule has 1 aromatic carbocycles. The summed E-state index contributed by atoms with van der Waals surface area (Å²) in [5, 5.41) is 14.2. The first-order valence-electron chi connectivity index (χ1n) is 5.95. The van der Waals surface area contributed by atoms with Crippen molar-refractivity contribution in [2.45, 2.75) is 19.3 Å². The fraction of sp³-hybridized carbons (Fsp3) is 0.357. The van der Waals surface area contributed by atoms with Crippen LogP contribution in [0.2, 0.25) is 0 Å². The fourth-order valence-corrected chi connectivity index (χ4v) is 1.54. The van der Waals surface area contributed by atoms with Gasteiger partial charge in [0.2, 0.25) is 0 Å². The van der Waals surface area contributed by atoms with Crippen molar-refractivity contribution in [3.63, 3.8) is 0 Å². The number of benzene rings is 1. The fourth-order valence-electron chi connectivity index (χ4n) is 1.54. The molecule has 0 radical (unpaired) electrons. The van der Waals surface area contributed by atoms with Gasteiger partial charge in [-0.25, -0.2) is 0 Å². The van der Waals surface area contributed by atoms with Crippen molar-refractivity contribution in [3.8, 4) is 5.75 Å². The topological polar surface area (TPSA) is 69.3 Å². The Labute approximate surface area is 108 Å². The highest BCUT2D eigenvalue weighted by Gasteiger charge is 1.96. The van der Waals surface area contributed by atoms with Gasteiger partial charge in [0, 0.05) is 12.8 Å². The summed E-state index contributed by atoms with van der Waals surface area (Å²) >= 11 is 0. The van der Waals surface area contributed by atoms with Crippen LogP contribution in [0.4, 0.5) is 0 Å².